The number of pyridine rings is 1. The van der Waals surface area contributed by atoms with Gasteiger partial charge in [-0.2, -0.15) is 5.26 Å². The van der Waals surface area contributed by atoms with Crippen molar-refractivity contribution in [1.29, 1.82) is 5.26 Å². The van der Waals surface area contributed by atoms with Crippen molar-refractivity contribution in [2.75, 3.05) is 19.7 Å². The molecule has 6 heteroatoms. The lowest BCUT2D eigenvalue weighted by Crippen LogP contribution is -2.38. The van der Waals surface area contributed by atoms with Crippen molar-refractivity contribution in [1.82, 2.24) is 9.88 Å². The lowest BCUT2D eigenvalue weighted by Gasteiger charge is -2.26. The summed E-state index contributed by atoms with van der Waals surface area (Å²) in [5.41, 5.74) is 3.16. The zero-order chi connectivity index (χ0) is 21.6. The average molecular weight is 413 g/mol. The molecule has 2 heterocycles. The molecule has 1 amide bonds. The first kappa shape index (κ1) is 20.4. The van der Waals surface area contributed by atoms with Crippen LogP contribution >= 0.6 is 0 Å². The maximum atomic E-state index is 12.6. The summed E-state index contributed by atoms with van der Waals surface area (Å²) in [6.45, 7) is 1.32. The Morgan fingerprint density at radius 3 is 2.42 bits per heavy atom. The largest absolute Gasteiger partial charge is 0.508 e. The summed E-state index contributed by atoms with van der Waals surface area (Å²) in [4.78, 5) is 19.0. The van der Waals surface area contributed by atoms with E-state index in [4.69, 9.17) is 4.74 Å². The number of carbonyl (C=O) groups is 1. The molecule has 1 aromatic heterocycles. The molecule has 1 saturated heterocycles. The number of phenols is 1. The number of carbonyl (C=O) groups excluding carboxylic acids is 1. The van der Waals surface area contributed by atoms with E-state index in [1.807, 2.05) is 36.4 Å². The van der Waals surface area contributed by atoms with Crippen LogP contribution in [0, 0.1) is 11.3 Å². The molecule has 6 nitrogen and oxygen atoms in total. The third kappa shape index (κ3) is 4.67. The summed E-state index contributed by atoms with van der Waals surface area (Å²) < 4.78 is 5.82. The Morgan fingerprint density at radius 2 is 1.74 bits per heavy atom. The fourth-order valence-corrected chi connectivity index (χ4v) is 3.72. The first-order valence-electron chi connectivity index (χ1n) is 10.4. The summed E-state index contributed by atoms with van der Waals surface area (Å²) in [6, 6.07) is 20.2. The van der Waals surface area contributed by atoms with E-state index in [-0.39, 0.29) is 29.7 Å². The van der Waals surface area contributed by atoms with Crippen molar-refractivity contribution in [2.45, 2.75) is 19.3 Å². The van der Waals surface area contributed by atoms with Gasteiger partial charge in [0.25, 0.3) is 5.91 Å². The van der Waals surface area contributed by atoms with Gasteiger partial charge in [-0.3, -0.25) is 4.79 Å². The highest BCUT2D eigenvalue weighted by atomic mass is 16.5. The zero-order valence-electron chi connectivity index (χ0n) is 17.1. The van der Waals surface area contributed by atoms with Crippen LogP contribution in [0.4, 0.5) is 0 Å². The number of rotatable bonds is 5. The van der Waals surface area contributed by atoms with Gasteiger partial charge in [-0.15, -0.1) is 0 Å². The molecule has 0 unspecified atom stereocenters. The highest BCUT2D eigenvalue weighted by Crippen LogP contribution is 2.34. The molecule has 31 heavy (non-hydrogen) atoms. The number of piperidine rings is 1. The van der Waals surface area contributed by atoms with Crippen LogP contribution in [0.2, 0.25) is 0 Å². The molecular weight excluding hydrogens is 390 g/mol. The highest BCUT2D eigenvalue weighted by molar-refractivity contribution is 5.80. The zero-order valence-corrected chi connectivity index (χ0v) is 17.1. The molecule has 0 aliphatic carbocycles. The Morgan fingerprint density at radius 1 is 1.03 bits per heavy atom. The van der Waals surface area contributed by atoms with Gasteiger partial charge < -0.3 is 14.7 Å². The van der Waals surface area contributed by atoms with Gasteiger partial charge in [-0.05, 0) is 43.0 Å². The Kier molecular flexibility index (Phi) is 6.13. The predicted octanol–water partition coefficient (Wildman–Crippen LogP) is 4.38. The predicted molar refractivity (Wildman–Crippen MR) is 117 cm³/mol. The summed E-state index contributed by atoms with van der Waals surface area (Å²) >= 11 is 0. The summed E-state index contributed by atoms with van der Waals surface area (Å²) in [5, 5.41) is 19.5. The number of hydrogen-bond donors (Lipinski definition) is 1. The van der Waals surface area contributed by atoms with Crippen LogP contribution in [0.25, 0.3) is 22.4 Å². The van der Waals surface area contributed by atoms with Crippen molar-refractivity contribution in [2.24, 2.45) is 0 Å². The van der Waals surface area contributed by atoms with E-state index in [1.54, 1.807) is 29.2 Å². The third-order valence-electron chi connectivity index (χ3n) is 5.39. The minimum Gasteiger partial charge on any atom is -0.508 e. The average Bonchev–Trinajstić information content (AvgIpc) is 2.83. The first-order valence-corrected chi connectivity index (χ1v) is 10.4. The van der Waals surface area contributed by atoms with E-state index in [2.05, 4.69) is 11.1 Å². The quantitative estimate of drug-likeness (QED) is 0.671. The number of aromatic hydroxyl groups is 1. The number of aromatic nitrogens is 1. The van der Waals surface area contributed by atoms with Gasteiger partial charge in [0, 0.05) is 24.2 Å². The number of nitriles is 1. The number of benzene rings is 2. The number of hydrogen-bond acceptors (Lipinski definition) is 5. The SMILES string of the molecule is N#Cc1c(-c2ccc(O)cc2)cc(-c2ccccc2)nc1OCC(=O)N1CCCCC1. The molecule has 0 bridgehead atoms. The molecule has 1 N–H and O–H groups in total. The normalized spacial score (nSPS) is 13.5. The Bertz CT molecular complexity index is 1100. The van der Waals surface area contributed by atoms with Crippen molar-refractivity contribution in [3.63, 3.8) is 0 Å². The molecule has 1 aliphatic rings. The van der Waals surface area contributed by atoms with Crippen molar-refractivity contribution >= 4 is 5.91 Å². The molecule has 4 rings (SSSR count). The van der Waals surface area contributed by atoms with E-state index < -0.39 is 0 Å². The number of amides is 1. The van der Waals surface area contributed by atoms with Crippen LogP contribution in [0.5, 0.6) is 11.6 Å². The molecule has 0 spiro atoms. The third-order valence-corrected chi connectivity index (χ3v) is 5.39. The maximum absolute atomic E-state index is 12.6. The van der Waals surface area contributed by atoms with E-state index >= 15 is 0 Å². The minimum absolute atomic E-state index is 0.0957. The second-order valence-electron chi connectivity index (χ2n) is 7.49. The second-order valence-corrected chi connectivity index (χ2v) is 7.49. The molecule has 1 fully saturated rings. The van der Waals surface area contributed by atoms with Gasteiger partial charge in [0.2, 0.25) is 5.88 Å². The lowest BCUT2D eigenvalue weighted by atomic mass is 9.98. The minimum atomic E-state index is -0.158. The Balaban J connectivity index is 1.72. The summed E-state index contributed by atoms with van der Waals surface area (Å²) in [7, 11) is 0. The molecular formula is C25H23N3O3. The van der Waals surface area contributed by atoms with Crippen molar-refractivity contribution in [3.05, 3.63) is 66.2 Å². The number of likely N-dealkylation sites (tertiary alicyclic amines) is 1. The maximum Gasteiger partial charge on any atom is 0.260 e. The van der Waals surface area contributed by atoms with E-state index in [0.29, 0.717) is 11.3 Å². The molecule has 0 atom stereocenters. The summed E-state index contributed by atoms with van der Waals surface area (Å²) in [6.07, 6.45) is 3.14. The van der Waals surface area contributed by atoms with Crippen LogP contribution < -0.4 is 4.74 Å². The topological polar surface area (TPSA) is 86.5 Å². The van der Waals surface area contributed by atoms with E-state index in [1.165, 1.54) is 0 Å². The van der Waals surface area contributed by atoms with Crippen molar-refractivity contribution in [3.8, 4) is 40.1 Å². The fraction of sp³-hybridized carbons (Fsp3) is 0.240. The van der Waals surface area contributed by atoms with Crippen molar-refractivity contribution < 1.29 is 14.6 Å². The Hall–Kier alpha value is -3.85. The monoisotopic (exact) mass is 413 g/mol. The van der Waals surface area contributed by atoms with Crippen LogP contribution in [-0.2, 0) is 4.79 Å². The Labute approximate surface area is 181 Å². The molecule has 156 valence electrons. The van der Waals surface area contributed by atoms with E-state index in [0.717, 1.165) is 43.5 Å². The van der Waals surface area contributed by atoms with Gasteiger partial charge in [0.15, 0.2) is 6.61 Å². The standard InChI is InChI=1S/C25H23N3O3/c26-16-22-21(18-9-11-20(29)12-10-18)15-23(19-7-3-1-4-8-19)27-25(22)31-17-24(30)28-13-5-2-6-14-28/h1,3-4,7-12,15,29H,2,5-6,13-14,17H2. The first-order chi connectivity index (χ1) is 15.2. The van der Waals surface area contributed by atoms with Gasteiger partial charge in [-0.25, -0.2) is 4.98 Å². The van der Waals surface area contributed by atoms with Gasteiger partial charge in [0.05, 0.1) is 5.69 Å². The highest BCUT2D eigenvalue weighted by Gasteiger charge is 2.20. The van der Waals surface area contributed by atoms with Gasteiger partial charge >= 0.3 is 0 Å². The fourth-order valence-electron chi connectivity index (χ4n) is 3.72. The van der Waals surface area contributed by atoms with E-state index in [9.17, 15) is 15.2 Å². The van der Waals surface area contributed by atoms with Crippen LogP contribution in [0.1, 0.15) is 24.8 Å². The van der Waals surface area contributed by atoms with Crippen LogP contribution in [0.3, 0.4) is 0 Å². The molecule has 1 aliphatic heterocycles. The van der Waals surface area contributed by atoms with Crippen LogP contribution in [0.15, 0.2) is 60.7 Å². The van der Waals surface area contributed by atoms with Gasteiger partial charge in [-0.1, -0.05) is 42.5 Å². The number of phenolic OH excluding ortho intramolecular Hbond substituents is 1. The lowest BCUT2D eigenvalue weighted by molar-refractivity contribution is -0.134. The smallest absolute Gasteiger partial charge is 0.260 e. The molecule has 2 aromatic carbocycles. The second kappa shape index (κ2) is 9.31. The molecule has 3 aromatic rings. The molecule has 0 radical (unpaired) electrons. The number of ether oxygens (including phenoxy) is 1. The number of nitrogens with zero attached hydrogens (tertiary/aromatic N) is 3. The van der Waals surface area contributed by atoms with Crippen LogP contribution in [-0.4, -0.2) is 40.6 Å². The van der Waals surface area contributed by atoms with Gasteiger partial charge in [0.1, 0.15) is 17.4 Å². The summed E-state index contributed by atoms with van der Waals surface area (Å²) in [5.74, 6) is 0.183. The molecule has 0 saturated carbocycles.